The van der Waals surface area contributed by atoms with Gasteiger partial charge in [0.15, 0.2) is 5.03 Å². The van der Waals surface area contributed by atoms with Crippen LogP contribution in [0.4, 0.5) is 4.39 Å². The Hall–Kier alpha value is -0.660. The highest BCUT2D eigenvalue weighted by Gasteiger charge is 2.18. The zero-order valence-corrected chi connectivity index (χ0v) is 10.1. The first-order chi connectivity index (χ1) is 6.89. The standard InChI is InChI=1S/C7H3BrClFN2O2S/c8-4-1-3-6(2-5(4)10)11-12-7(3)15(9,13)14/h1-2H,(H,11,12). The monoisotopic (exact) mass is 312 g/mol. The Kier molecular flexibility index (Phi) is 2.48. The molecule has 0 aliphatic carbocycles. The van der Waals surface area contributed by atoms with Crippen LogP contribution in [0.3, 0.4) is 0 Å². The summed E-state index contributed by atoms with van der Waals surface area (Å²) < 4.78 is 35.4. The molecule has 1 heterocycles. The van der Waals surface area contributed by atoms with E-state index >= 15 is 0 Å². The topological polar surface area (TPSA) is 62.8 Å². The maximum absolute atomic E-state index is 13.1. The molecule has 0 aliphatic rings. The molecule has 0 fully saturated rings. The van der Waals surface area contributed by atoms with Crippen molar-refractivity contribution in [2.24, 2.45) is 0 Å². The summed E-state index contributed by atoms with van der Waals surface area (Å²) in [4.78, 5) is 0. The molecule has 0 unspecified atom stereocenters. The fraction of sp³-hybridized carbons (Fsp3) is 0. The molecular formula is C7H3BrClFN2O2S. The van der Waals surface area contributed by atoms with Gasteiger partial charge in [0.25, 0.3) is 9.05 Å². The van der Waals surface area contributed by atoms with E-state index in [2.05, 4.69) is 26.1 Å². The molecule has 1 aromatic heterocycles. The van der Waals surface area contributed by atoms with Crippen LogP contribution in [0.15, 0.2) is 21.6 Å². The molecule has 2 rings (SSSR count). The molecule has 0 radical (unpaired) electrons. The Morgan fingerprint density at radius 1 is 1.47 bits per heavy atom. The van der Waals surface area contributed by atoms with E-state index < -0.39 is 14.9 Å². The van der Waals surface area contributed by atoms with Gasteiger partial charge < -0.3 is 0 Å². The summed E-state index contributed by atoms with van der Waals surface area (Å²) in [7, 11) is 1.26. The van der Waals surface area contributed by atoms with Gasteiger partial charge in [0.1, 0.15) is 5.82 Å². The van der Waals surface area contributed by atoms with Crippen LogP contribution in [0.1, 0.15) is 0 Å². The van der Waals surface area contributed by atoms with Crippen molar-refractivity contribution >= 4 is 46.6 Å². The zero-order valence-electron chi connectivity index (χ0n) is 6.96. The molecule has 0 amide bonds. The van der Waals surface area contributed by atoms with Gasteiger partial charge in [-0.3, -0.25) is 5.10 Å². The van der Waals surface area contributed by atoms with Gasteiger partial charge in [0.05, 0.1) is 9.99 Å². The van der Waals surface area contributed by atoms with Crippen LogP contribution in [-0.2, 0) is 9.05 Å². The number of halogens is 3. The van der Waals surface area contributed by atoms with E-state index in [1.165, 1.54) is 6.07 Å². The van der Waals surface area contributed by atoms with Gasteiger partial charge in [-0.2, -0.15) is 5.10 Å². The number of benzene rings is 1. The third-order valence-electron chi connectivity index (χ3n) is 1.80. The third-order valence-corrected chi connectivity index (χ3v) is 3.67. The number of nitrogens with one attached hydrogen (secondary N) is 1. The number of aromatic nitrogens is 2. The predicted molar refractivity (Wildman–Crippen MR) is 56.8 cm³/mol. The van der Waals surface area contributed by atoms with Crippen LogP contribution in [0.25, 0.3) is 10.9 Å². The van der Waals surface area contributed by atoms with Gasteiger partial charge in [0, 0.05) is 22.1 Å². The maximum Gasteiger partial charge on any atom is 0.278 e. The largest absolute Gasteiger partial charge is 0.278 e. The first-order valence-electron chi connectivity index (χ1n) is 3.67. The Bertz CT molecular complexity index is 640. The number of hydrogen-bond donors (Lipinski definition) is 1. The number of aromatic amines is 1. The molecule has 0 saturated heterocycles. The van der Waals surface area contributed by atoms with Crippen molar-refractivity contribution in [3.63, 3.8) is 0 Å². The fourth-order valence-electron chi connectivity index (χ4n) is 1.17. The Morgan fingerprint density at radius 2 is 2.13 bits per heavy atom. The summed E-state index contributed by atoms with van der Waals surface area (Å²) in [6, 6.07) is 2.42. The van der Waals surface area contributed by atoms with Crippen LogP contribution in [0.2, 0.25) is 0 Å². The molecule has 80 valence electrons. The summed E-state index contributed by atoms with van der Waals surface area (Å²) in [5.41, 5.74) is 0.204. The van der Waals surface area contributed by atoms with E-state index in [4.69, 9.17) is 10.7 Å². The van der Waals surface area contributed by atoms with Crippen molar-refractivity contribution < 1.29 is 12.8 Å². The van der Waals surface area contributed by atoms with Crippen LogP contribution in [0.5, 0.6) is 0 Å². The Labute approximate surface area is 97.0 Å². The van der Waals surface area contributed by atoms with Crippen molar-refractivity contribution in [3.8, 4) is 0 Å². The summed E-state index contributed by atoms with van der Waals surface area (Å²) >= 11 is 2.95. The lowest BCUT2D eigenvalue weighted by molar-refractivity contribution is 0.606. The molecule has 2 aromatic rings. The molecular weight excluding hydrogens is 311 g/mol. The average Bonchev–Trinajstić information content (AvgIpc) is 2.47. The lowest BCUT2D eigenvalue weighted by atomic mass is 10.2. The minimum Gasteiger partial charge on any atom is -0.265 e. The fourth-order valence-corrected chi connectivity index (χ4v) is 2.44. The first kappa shape index (κ1) is 10.8. The summed E-state index contributed by atoms with van der Waals surface area (Å²) in [5, 5.41) is 5.90. The van der Waals surface area contributed by atoms with Crippen molar-refractivity contribution in [1.82, 2.24) is 10.2 Å². The zero-order chi connectivity index (χ0) is 11.2. The summed E-state index contributed by atoms with van der Waals surface area (Å²) in [6.07, 6.45) is 0. The van der Waals surface area contributed by atoms with Gasteiger partial charge in [-0.15, -0.1) is 0 Å². The highest BCUT2D eigenvalue weighted by atomic mass is 79.9. The summed E-state index contributed by atoms with van der Waals surface area (Å²) in [5.74, 6) is -0.521. The highest BCUT2D eigenvalue weighted by molar-refractivity contribution is 9.10. The number of fused-ring (bicyclic) bond motifs is 1. The first-order valence-corrected chi connectivity index (χ1v) is 6.77. The Balaban J connectivity index is 2.87. The number of hydrogen-bond acceptors (Lipinski definition) is 3. The summed E-state index contributed by atoms with van der Waals surface area (Å²) in [6.45, 7) is 0. The molecule has 0 atom stereocenters. The van der Waals surface area contributed by atoms with Crippen molar-refractivity contribution in [3.05, 3.63) is 22.4 Å². The van der Waals surface area contributed by atoms with E-state index in [1.807, 2.05) is 0 Å². The third kappa shape index (κ3) is 1.86. The SMILES string of the molecule is O=S(=O)(Cl)c1[nH]nc2cc(F)c(Br)cc12. The van der Waals surface area contributed by atoms with Gasteiger partial charge in [-0.25, -0.2) is 12.8 Å². The quantitative estimate of drug-likeness (QED) is 0.822. The Morgan fingerprint density at radius 3 is 2.73 bits per heavy atom. The van der Waals surface area contributed by atoms with E-state index in [1.54, 1.807) is 0 Å². The van der Waals surface area contributed by atoms with E-state index in [-0.39, 0.29) is 20.4 Å². The maximum atomic E-state index is 13.1. The number of H-pyrrole nitrogens is 1. The highest BCUT2D eigenvalue weighted by Crippen LogP contribution is 2.27. The van der Waals surface area contributed by atoms with Crippen molar-refractivity contribution in [1.29, 1.82) is 0 Å². The van der Waals surface area contributed by atoms with Crippen LogP contribution >= 0.6 is 26.6 Å². The second kappa shape index (κ2) is 3.43. The van der Waals surface area contributed by atoms with Crippen molar-refractivity contribution in [2.45, 2.75) is 5.03 Å². The smallest absolute Gasteiger partial charge is 0.265 e. The van der Waals surface area contributed by atoms with Gasteiger partial charge in [-0.05, 0) is 22.0 Å². The minimum atomic E-state index is -3.90. The number of rotatable bonds is 1. The average molecular weight is 314 g/mol. The van der Waals surface area contributed by atoms with E-state index in [0.29, 0.717) is 0 Å². The molecule has 4 nitrogen and oxygen atoms in total. The minimum absolute atomic E-state index is 0.151. The van der Waals surface area contributed by atoms with Crippen LogP contribution in [0, 0.1) is 5.82 Å². The van der Waals surface area contributed by atoms with E-state index in [9.17, 15) is 12.8 Å². The molecule has 0 bridgehead atoms. The molecule has 15 heavy (non-hydrogen) atoms. The normalized spacial score (nSPS) is 12.2. The molecule has 0 saturated carbocycles. The molecule has 8 heteroatoms. The molecule has 0 aliphatic heterocycles. The van der Waals surface area contributed by atoms with E-state index in [0.717, 1.165) is 6.07 Å². The van der Waals surface area contributed by atoms with Gasteiger partial charge in [-0.1, -0.05) is 0 Å². The predicted octanol–water partition coefficient (Wildman–Crippen LogP) is 2.39. The molecule has 1 aromatic carbocycles. The second-order valence-electron chi connectivity index (χ2n) is 2.77. The lowest BCUT2D eigenvalue weighted by Crippen LogP contribution is -1.91. The molecule has 0 spiro atoms. The van der Waals surface area contributed by atoms with Crippen molar-refractivity contribution in [2.75, 3.05) is 0 Å². The van der Waals surface area contributed by atoms with Gasteiger partial charge >= 0.3 is 0 Å². The lowest BCUT2D eigenvalue weighted by Gasteiger charge is -1.95. The van der Waals surface area contributed by atoms with Gasteiger partial charge in [0.2, 0.25) is 0 Å². The van der Waals surface area contributed by atoms with Crippen LogP contribution in [-0.4, -0.2) is 18.6 Å². The second-order valence-corrected chi connectivity index (χ2v) is 6.13. The number of nitrogens with zero attached hydrogens (tertiary/aromatic N) is 1. The van der Waals surface area contributed by atoms with Crippen LogP contribution < -0.4 is 0 Å². The molecule has 1 N–H and O–H groups in total.